The quantitative estimate of drug-likeness (QED) is 0.370. The van der Waals surface area contributed by atoms with Gasteiger partial charge in [0, 0.05) is 55.7 Å². The van der Waals surface area contributed by atoms with Gasteiger partial charge in [-0.25, -0.2) is 4.58 Å². The number of likely N-dealkylation sites (N-methyl/N-ethyl adjacent to an activating group) is 2. The third-order valence-corrected chi connectivity index (χ3v) is 7.48. The van der Waals surface area contributed by atoms with E-state index in [4.69, 9.17) is 9.90 Å². The van der Waals surface area contributed by atoms with Crippen LogP contribution in [0.2, 0.25) is 0 Å². The predicted octanol–water partition coefficient (Wildman–Crippen LogP) is 4.12. The Bertz CT molecular complexity index is 1230. The minimum absolute atomic E-state index is 0.140. The first kappa shape index (κ1) is 34.5. The number of carbonyl (C=O) groups is 1. The minimum Gasteiger partial charge on any atom is -0.550 e. The molecule has 0 aliphatic heterocycles. The second-order valence-electron chi connectivity index (χ2n) is 10.2. The first-order chi connectivity index (χ1) is 20.1. The van der Waals surface area contributed by atoms with Crippen molar-refractivity contribution in [3.63, 3.8) is 0 Å². The molecule has 7 heteroatoms. The molecule has 2 aromatic rings. The van der Waals surface area contributed by atoms with E-state index in [1.165, 1.54) is 39.1 Å². The van der Waals surface area contributed by atoms with Crippen LogP contribution in [0.4, 0.5) is 11.4 Å². The number of allylic oxidation sites excluding steroid dienone is 5. The number of hydrogen-bond donors (Lipinski definition) is 2. The van der Waals surface area contributed by atoms with Crippen molar-refractivity contribution in [2.75, 3.05) is 62.3 Å². The lowest BCUT2D eigenvalue weighted by molar-refractivity contribution is -0.519. The molecule has 42 heavy (non-hydrogen) atoms. The molecule has 0 saturated carbocycles. The summed E-state index contributed by atoms with van der Waals surface area (Å²) in [6, 6.07) is 13.3. The SMILES string of the molecule is CC(=O)[O-].CCN(CCO)c1ccc(C(=C2C=CC(=[N+](CC)CC)C=C2)c2ccc(N(CC)CCO)cc2C)c(C)c1. The van der Waals surface area contributed by atoms with E-state index in [0.29, 0.717) is 13.1 Å². The van der Waals surface area contributed by atoms with Gasteiger partial charge in [0.25, 0.3) is 0 Å². The normalized spacial score (nSPS) is 12.1. The monoisotopic (exact) mass is 575 g/mol. The lowest BCUT2D eigenvalue weighted by Crippen LogP contribution is -2.26. The summed E-state index contributed by atoms with van der Waals surface area (Å²) < 4.78 is 2.37. The highest BCUT2D eigenvalue weighted by Gasteiger charge is 2.19. The highest BCUT2D eigenvalue weighted by atomic mass is 16.4. The van der Waals surface area contributed by atoms with Crippen LogP contribution < -0.4 is 14.9 Å². The van der Waals surface area contributed by atoms with E-state index >= 15 is 0 Å². The number of aliphatic hydroxyl groups is 2. The van der Waals surface area contributed by atoms with E-state index in [9.17, 15) is 10.2 Å². The van der Waals surface area contributed by atoms with Crippen LogP contribution in [0.1, 0.15) is 56.9 Å². The van der Waals surface area contributed by atoms with E-state index in [1.54, 1.807) is 0 Å². The van der Waals surface area contributed by atoms with Gasteiger partial charge in [-0.3, -0.25) is 0 Å². The van der Waals surface area contributed by atoms with Gasteiger partial charge < -0.3 is 29.9 Å². The Morgan fingerprint density at radius 2 is 1.17 bits per heavy atom. The highest BCUT2D eigenvalue weighted by molar-refractivity contribution is 6.04. The maximum absolute atomic E-state index is 9.51. The van der Waals surface area contributed by atoms with Gasteiger partial charge in [-0.1, -0.05) is 12.1 Å². The second-order valence-corrected chi connectivity index (χ2v) is 10.2. The number of carbonyl (C=O) groups excluding carboxylic acids is 1. The van der Waals surface area contributed by atoms with Gasteiger partial charge in [-0.2, -0.15) is 0 Å². The van der Waals surface area contributed by atoms with Crippen LogP contribution in [0, 0.1) is 13.8 Å². The van der Waals surface area contributed by atoms with Crippen molar-refractivity contribution < 1.29 is 24.7 Å². The summed E-state index contributed by atoms with van der Waals surface area (Å²) in [4.78, 5) is 13.3. The average molecular weight is 576 g/mol. The van der Waals surface area contributed by atoms with Crippen molar-refractivity contribution in [1.82, 2.24) is 0 Å². The van der Waals surface area contributed by atoms with E-state index in [0.717, 1.165) is 44.5 Å². The molecular formula is C35H49N3O4. The average Bonchev–Trinajstić information content (AvgIpc) is 2.97. The molecule has 7 nitrogen and oxygen atoms in total. The smallest absolute Gasteiger partial charge is 0.199 e. The molecule has 2 aromatic carbocycles. The molecular weight excluding hydrogens is 526 g/mol. The number of nitrogens with zero attached hydrogens (tertiary/aromatic N) is 3. The van der Waals surface area contributed by atoms with Crippen LogP contribution in [0.25, 0.3) is 5.57 Å². The molecule has 0 spiro atoms. The molecule has 0 aromatic heterocycles. The standard InChI is InChI=1S/C33H46N3O2.C2H4O2/c1-7-34(8-2)28-13-11-27(12-14-28)33(31-17-15-29(23-25(31)5)35(9-3)19-21-37)32-18-16-30(24-26(32)6)36(10-4)20-22-38;1-2(3)4/h11-18,23-24,37-38H,7-10,19-22H2,1-6H3;1H3,(H,3,4)/q+1;/p-1. The van der Waals surface area contributed by atoms with Gasteiger partial charge in [0.15, 0.2) is 5.71 Å². The molecule has 3 rings (SSSR count). The van der Waals surface area contributed by atoms with E-state index in [-0.39, 0.29) is 13.2 Å². The fourth-order valence-corrected chi connectivity index (χ4v) is 5.31. The molecule has 1 aliphatic carbocycles. The Labute approximate surface area is 252 Å². The van der Waals surface area contributed by atoms with Crippen molar-refractivity contribution in [3.8, 4) is 0 Å². The van der Waals surface area contributed by atoms with Crippen LogP contribution in [-0.4, -0.2) is 79.0 Å². The number of anilines is 2. The number of carboxylic acids is 1. The zero-order valence-corrected chi connectivity index (χ0v) is 26.5. The van der Waals surface area contributed by atoms with Crippen LogP contribution in [0.5, 0.6) is 0 Å². The van der Waals surface area contributed by atoms with Crippen molar-refractivity contribution in [2.24, 2.45) is 0 Å². The number of benzene rings is 2. The Hall–Kier alpha value is -3.68. The highest BCUT2D eigenvalue weighted by Crippen LogP contribution is 2.36. The van der Waals surface area contributed by atoms with Crippen LogP contribution in [0.15, 0.2) is 66.3 Å². The third kappa shape index (κ3) is 9.16. The number of hydrogen-bond acceptors (Lipinski definition) is 6. The summed E-state index contributed by atoms with van der Waals surface area (Å²) in [6.45, 7) is 19.2. The molecule has 0 heterocycles. The van der Waals surface area contributed by atoms with Gasteiger partial charge in [0.2, 0.25) is 0 Å². The molecule has 0 bridgehead atoms. The molecule has 0 saturated heterocycles. The number of aliphatic hydroxyl groups excluding tert-OH is 2. The van der Waals surface area contributed by atoms with E-state index in [2.05, 4.69) is 117 Å². The fraction of sp³-hybridized carbons (Fsp3) is 0.429. The zero-order chi connectivity index (χ0) is 31.2. The second kappa shape index (κ2) is 17.3. The first-order valence-corrected chi connectivity index (χ1v) is 15.0. The Morgan fingerprint density at radius 1 is 0.762 bits per heavy atom. The summed E-state index contributed by atoms with van der Waals surface area (Å²) in [5.41, 5.74) is 10.8. The summed E-state index contributed by atoms with van der Waals surface area (Å²) in [5.74, 6) is -1.08. The largest absolute Gasteiger partial charge is 0.550 e. The Morgan fingerprint density at radius 3 is 1.48 bits per heavy atom. The van der Waals surface area contributed by atoms with Gasteiger partial charge in [0.1, 0.15) is 13.1 Å². The summed E-state index contributed by atoms with van der Waals surface area (Å²) in [5, 5.41) is 27.9. The van der Waals surface area contributed by atoms with Crippen molar-refractivity contribution >= 4 is 28.6 Å². The van der Waals surface area contributed by atoms with Crippen molar-refractivity contribution in [1.29, 1.82) is 0 Å². The maximum atomic E-state index is 9.51. The molecule has 0 radical (unpaired) electrons. The van der Waals surface area contributed by atoms with Crippen LogP contribution in [0.3, 0.4) is 0 Å². The predicted molar refractivity (Wildman–Crippen MR) is 174 cm³/mol. The third-order valence-electron chi connectivity index (χ3n) is 7.48. The van der Waals surface area contributed by atoms with E-state index < -0.39 is 5.97 Å². The Balaban J connectivity index is 0.00000144. The van der Waals surface area contributed by atoms with E-state index in [1.807, 2.05) is 0 Å². The van der Waals surface area contributed by atoms with Crippen LogP contribution >= 0.6 is 0 Å². The summed E-state index contributed by atoms with van der Waals surface area (Å²) in [7, 11) is 0. The maximum Gasteiger partial charge on any atom is 0.199 e. The molecule has 228 valence electrons. The van der Waals surface area contributed by atoms with Gasteiger partial charge in [-0.05, 0) is 118 Å². The number of aryl methyl sites for hydroxylation is 2. The topological polar surface area (TPSA) is 90.1 Å². The first-order valence-electron chi connectivity index (χ1n) is 15.0. The molecule has 2 N–H and O–H groups in total. The lowest BCUT2D eigenvalue weighted by Gasteiger charge is -2.25. The fourth-order valence-electron chi connectivity index (χ4n) is 5.31. The van der Waals surface area contributed by atoms with Gasteiger partial charge >= 0.3 is 0 Å². The molecule has 1 aliphatic rings. The number of aliphatic carboxylic acids is 1. The minimum atomic E-state index is -1.08. The van der Waals surface area contributed by atoms with Gasteiger partial charge in [-0.15, -0.1) is 0 Å². The molecule has 0 fully saturated rings. The number of rotatable bonds is 12. The number of carboxylic acid groups (broad SMARTS) is 1. The lowest BCUT2D eigenvalue weighted by atomic mass is 9.86. The molecule has 0 atom stereocenters. The molecule has 0 unspecified atom stereocenters. The van der Waals surface area contributed by atoms with Gasteiger partial charge in [0.05, 0.1) is 13.2 Å². The van der Waals surface area contributed by atoms with Crippen molar-refractivity contribution in [2.45, 2.75) is 48.5 Å². The summed E-state index contributed by atoms with van der Waals surface area (Å²) >= 11 is 0. The van der Waals surface area contributed by atoms with Crippen molar-refractivity contribution in [3.05, 3.63) is 88.5 Å². The molecule has 0 amide bonds. The summed E-state index contributed by atoms with van der Waals surface area (Å²) in [6.07, 6.45) is 8.96. The zero-order valence-electron chi connectivity index (χ0n) is 26.5. The van der Waals surface area contributed by atoms with Crippen LogP contribution in [-0.2, 0) is 4.79 Å². The Kier molecular flexibility index (Phi) is 14.2.